The average molecular weight is 437 g/mol. The van der Waals surface area contributed by atoms with Crippen molar-refractivity contribution in [3.05, 3.63) is 106 Å². The molecule has 3 aromatic rings. The largest absolute Gasteiger partial charge is 0.352 e. The SMILES string of the molecule is O=C(NCc1ccc(F)cc1)[C@@H]1CN(C(=O)c2cccc(Cl)c2)C[C@@H]1c1ccccc1. The molecule has 0 radical (unpaired) electrons. The molecule has 0 aliphatic carbocycles. The molecule has 0 unspecified atom stereocenters. The number of likely N-dealkylation sites (tertiary alicyclic amines) is 1. The molecule has 0 aromatic heterocycles. The van der Waals surface area contributed by atoms with Gasteiger partial charge in [0.25, 0.3) is 5.91 Å². The first-order chi connectivity index (χ1) is 15.0. The van der Waals surface area contributed by atoms with Gasteiger partial charge in [0.1, 0.15) is 5.82 Å². The lowest BCUT2D eigenvalue weighted by Crippen LogP contribution is -2.35. The monoisotopic (exact) mass is 436 g/mol. The number of amides is 2. The molecule has 0 bridgehead atoms. The van der Waals surface area contributed by atoms with Crippen LogP contribution in [0.2, 0.25) is 5.02 Å². The van der Waals surface area contributed by atoms with Crippen LogP contribution in [0.4, 0.5) is 4.39 Å². The van der Waals surface area contributed by atoms with E-state index in [1.807, 2.05) is 30.3 Å². The van der Waals surface area contributed by atoms with Gasteiger partial charge < -0.3 is 10.2 Å². The van der Waals surface area contributed by atoms with Crippen molar-refractivity contribution in [2.75, 3.05) is 13.1 Å². The van der Waals surface area contributed by atoms with Gasteiger partial charge in [0.2, 0.25) is 5.91 Å². The number of hydrogen-bond donors (Lipinski definition) is 1. The van der Waals surface area contributed by atoms with Crippen LogP contribution in [-0.2, 0) is 11.3 Å². The summed E-state index contributed by atoms with van der Waals surface area (Å²) in [6.07, 6.45) is 0. The van der Waals surface area contributed by atoms with E-state index in [1.54, 1.807) is 41.3 Å². The van der Waals surface area contributed by atoms with Crippen molar-refractivity contribution >= 4 is 23.4 Å². The molecule has 0 spiro atoms. The molecule has 1 N–H and O–H groups in total. The number of carbonyl (C=O) groups excluding carboxylic acids is 2. The Labute approximate surface area is 185 Å². The number of nitrogens with one attached hydrogen (secondary N) is 1. The molecule has 2 amide bonds. The van der Waals surface area contributed by atoms with Crippen LogP contribution in [0.15, 0.2) is 78.9 Å². The molecule has 4 nitrogen and oxygen atoms in total. The quantitative estimate of drug-likeness (QED) is 0.632. The maximum absolute atomic E-state index is 13.1. The summed E-state index contributed by atoms with van der Waals surface area (Å²) >= 11 is 6.05. The molecule has 1 aliphatic heterocycles. The van der Waals surface area contributed by atoms with Gasteiger partial charge in [-0.25, -0.2) is 4.39 Å². The summed E-state index contributed by atoms with van der Waals surface area (Å²) in [5, 5.41) is 3.45. The van der Waals surface area contributed by atoms with E-state index in [2.05, 4.69) is 5.32 Å². The van der Waals surface area contributed by atoms with Crippen molar-refractivity contribution in [3.8, 4) is 0 Å². The van der Waals surface area contributed by atoms with Crippen molar-refractivity contribution < 1.29 is 14.0 Å². The molecule has 31 heavy (non-hydrogen) atoms. The van der Waals surface area contributed by atoms with Crippen LogP contribution in [0, 0.1) is 11.7 Å². The molecular formula is C25H22ClFN2O2. The Morgan fingerprint density at radius 3 is 2.42 bits per heavy atom. The van der Waals surface area contributed by atoms with Gasteiger partial charge in [-0.1, -0.05) is 60.1 Å². The highest BCUT2D eigenvalue weighted by Gasteiger charge is 2.40. The molecule has 158 valence electrons. The van der Waals surface area contributed by atoms with Gasteiger partial charge >= 0.3 is 0 Å². The Kier molecular flexibility index (Phi) is 6.33. The zero-order chi connectivity index (χ0) is 21.8. The van der Waals surface area contributed by atoms with Gasteiger partial charge in [-0.2, -0.15) is 0 Å². The van der Waals surface area contributed by atoms with Crippen LogP contribution in [0.25, 0.3) is 0 Å². The minimum atomic E-state index is -0.383. The predicted octanol–water partition coefficient (Wildman–Crippen LogP) is 4.65. The van der Waals surface area contributed by atoms with Crippen LogP contribution in [-0.4, -0.2) is 29.8 Å². The molecule has 1 saturated heterocycles. The highest BCUT2D eigenvalue weighted by Crippen LogP contribution is 2.34. The summed E-state index contributed by atoms with van der Waals surface area (Å²) in [6.45, 7) is 1.07. The smallest absolute Gasteiger partial charge is 0.253 e. The first kappa shape index (κ1) is 21.1. The van der Waals surface area contributed by atoms with Crippen molar-refractivity contribution in [2.45, 2.75) is 12.5 Å². The highest BCUT2D eigenvalue weighted by atomic mass is 35.5. The van der Waals surface area contributed by atoms with E-state index in [0.29, 0.717) is 30.2 Å². The Morgan fingerprint density at radius 2 is 1.71 bits per heavy atom. The van der Waals surface area contributed by atoms with E-state index >= 15 is 0 Å². The molecule has 1 heterocycles. The zero-order valence-electron chi connectivity index (χ0n) is 16.8. The maximum atomic E-state index is 13.1. The highest BCUT2D eigenvalue weighted by molar-refractivity contribution is 6.30. The van der Waals surface area contributed by atoms with Gasteiger partial charge in [0.05, 0.1) is 5.92 Å². The second-order valence-corrected chi connectivity index (χ2v) is 8.12. The maximum Gasteiger partial charge on any atom is 0.253 e. The van der Waals surface area contributed by atoms with Crippen LogP contribution >= 0.6 is 11.6 Å². The van der Waals surface area contributed by atoms with Crippen LogP contribution in [0.3, 0.4) is 0 Å². The number of nitrogens with zero attached hydrogens (tertiary/aromatic N) is 1. The molecule has 6 heteroatoms. The Hall–Kier alpha value is -3.18. The van der Waals surface area contributed by atoms with Crippen LogP contribution in [0.1, 0.15) is 27.4 Å². The number of hydrogen-bond acceptors (Lipinski definition) is 2. The Morgan fingerprint density at radius 1 is 0.968 bits per heavy atom. The summed E-state index contributed by atoms with van der Waals surface area (Å²) in [5.41, 5.74) is 2.34. The molecule has 1 fully saturated rings. The third kappa shape index (κ3) is 4.94. The summed E-state index contributed by atoms with van der Waals surface area (Å²) in [5.74, 6) is -1.08. The standard InChI is InChI=1S/C25H22ClFN2O2/c26-20-8-4-7-19(13-20)25(31)29-15-22(18-5-2-1-3-6-18)23(16-29)24(30)28-14-17-9-11-21(27)12-10-17/h1-13,22-23H,14-16H2,(H,28,30)/t22-,23-/m1/s1. The summed E-state index contributed by atoms with van der Waals surface area (Å²) < 4.78 is 13.1. The molecule has 0 saturated carbocycles. The van der Waals surface area contributed by atoms with Crippen molar-refractivity contribution in [3.63, 3.8) is 0 Å². The van der Waals surface area contributed by atoms with E-state index in [9.17, 15) is 14.0 Å². The average Bonchev–Trinajstić information content (AvgIpc) is 3.24. The second kappa shape index (κ2) is 9.31. The van der Waals surface area contributed by atoms with Crippen molar-refractivity contribution in [1.29, 1.82) is 0 Å². The topological polar surface area (TPSA) is 49.4 Å². The molecule has 2 atom stereocenters. The van der Waals surface area contributed by atoms with Crippen molar-refractivity contribution in [1.82, 2.24) is 10.2 Å². The minimum Gasteiger partial charge on any atom is -0.352 e. The van der Waals surface area contributed by atoms with E-state index in [4.69, 9.17) is 11.6 Å². The van der Waals surface area contributed by atoms with Crippen LogP contribution < -0.4 is 5.32 Å². The molecule has 1 aliphatic rings. The number of rotatable bonds is 5. The minimum absolute atomic E-state index is 0.113. The van der Waals surface area contributed by atoms with E-state index < -0.39 is 0 Å². The fourth-order valence-corrected chi connectivity index (χ4v) is 4.19. The number of carbonyl (C=O) groups is 2. The summed E-state index contributed by atoms with van der Waals surface area (Å²) in [4.78, 5) is 27.9. The van der Waals surface area contributed by atoms with Crippen LogP contribution in [0.5, 0.6) is 0 Å². The van der Waals surface area contributed by atoms with Gasteiger partial charge in [0.15, 0.2) is 0 Å². The lowest BCUT2D eigenvalue weighted by atomic mass is 9.88. The third-order valence-electron chi connectivity index (χ3n) is 5.62. The Bertz CT molecular complexity index is 1070. The van der Waals surface area contributed by atoms with Gasteiger partial charge in [-0.05, 0) is 41.5 Å². The van der Waals surface area contributed by atoms with E-state index in [-0.39, 0.29) is 29.5 Å². The number of benzene rings is 3. The van der Waals surface area contributed by atoms with E-state index in [0.717, 1.165) is 11.1 Å². The van der Waals surface area contributed by atoms with Crippen molar-refractivity contribution in [2.24, 2.45) is 5.92 Å². The predicted molar refractivity (Wildman–Crippen MR) is 118 cm³/mol. The Balaban J connectivity index is 1.52. The first-order valence-electron chi connectivity index (χ1n) is 10.1. The normalized spacial score (nSPS) is 18.1. The van der Waals surface area contributed by atoms with E-state index in [1.165, 1.54) is 12.1 Å². The molecule has 3 aromatic carbocycles. The third-order valence-corrected chi connectivity index (χ3v) is 5.86. The van der Waals surface area contributed by atoms with Gasteiger partial charge in [-0.3, -0.25) is 9.59 Å². The first-order valence-corrected chi connectivity index (χ1v) is 10.5. The second-order valence-electron chi connectivity index (χ2n) is 7.69. The molecular weight excluding hydrogens is 415 g/mol. The lowest BCUT2D eigenvalue weighted by Gasteiger charge is -2.18. The summed E-state index contributed by atoms with van der Waals surface area (Å²) in [6, 6.07) is 22.6. The zero-order valence-corrected chi connectivity index (χ0v) is 17.6. The number of halogens is 2. The summed E-state index contributed by atoms with van der Waals surface area (Å²) in [7, 11) is 0. The lowest BCUT2D eigenvalue weighted by molar-refractivity contribution is -0.125. The molecule has 4 rings (SSSR count). The fraction of sp³-hybridized carbons (Fsp3) is 0.200. The fourth-order valence-electron chi connectivity index (χ4n) is 4.00. The van der Waals surface area contributed by atoms with Gasteiger partial charge in [0, 0.05) is 36.1 Å². The van der Waals surface area contributed by atoms with Gasteiger partial charge in [-0.15, -0.1) is 0 Å².